The van der Waals surface area contributed by atoms with E-state index in [1.54, 1.807) is 0 Å². The van der Waals surface area contributed by atoms with Gasteiger partial charge in [-0.25, -0.2) is 0 Å². The van der Waals surface area contributed by atoms with Crippen molar-refractivity contribution in [3.63, 3.8) is 0 Å². The standard InChI is InChI=1S/C17H20BrN/c1-12-8-9-15(10-13(12)2)11-19-14(3)16-6-4-5-7-17(16)18/h4-10,14,19H,11H2,1-3H3/t14-/m1/s1. The molecular formula is C17H20BrN. The second-order valence-corrected chi connectivity index (χ2v) is 5.90. The molecule has 0 aliphatic rings. The highest BCUT2D eigenvalue weighted by atomic mass is 79.9. The quantitative estimate of drug-likeness (QED) is 0.844. The van der Waals surface area contributed by atoms with Gasteiger partial charge in [0.25, 0.3) is 0 Å². The summed E-state index contributed by atoms with van der Waals surface area (Å²) >= 11 is 3.60. The minimum atomic E-state index is 0.331. The third-order valence-corrected chi connectivity index (χ3v) is 4.28. The molecule has 0 unspecified atom stereocenters. The Morgan fingerprint density at radius 3 is 2.47 bits per heavy atom. The number of aryl methyl sites for hydroxylation is 2. The summed E-state index contributed by atoms with van der Waals surface area (Å²) in [5, 5.41) is 3.57. The van der Waals surface area contributed by atoms with E-state index in [1.165, 1.54) is 22.3 Å². The monoisotopic (exact) mass is 317 g/mol. The van der Waals surface area contributed by atoms with E-state index < -0.39 is 0 Å². The van der Waals surface area contributed by atoms with Crippen LogP contribution in [0.15, 0.2) is 46.9 Å². The first-order valence-electron chi connectivity index (χ1n) is 6.62. The van der Waals surface area contributed by atoms with Gasteiger partial charge in [0.2, 0.25) is 0 Å². The van der Waals surface area contributed by atoms with E-state index in [-0.39, 0.29) is 0 Å². The Hall–Kier alpha value is -1.12. The number of halogens is 1. The van der Waals surface area contributed by atoms with Crippen LogP contribution in [0.25, 0.3) is 0 Å². The maximum absolute atomic E-state index is 3.60. The second-order valence-electron chi connectivity index (χ2n) is 5.04. The predicted octanol–water partition coefficient (Wildman–Crippen LogP) is 4.92. The van der Waals surface area contributed by atoms with Gasteiger partial charge in [0, 0.05) is 17.1 Å². The first kappa shape index (κ1) is 14.3. The van der Waals surface area contributed by atoms with Crippen molar-refractivity contribution in [2.24, 2.45) is 0 Å². The highest BCUT2D eigenvalue weighted by Gasteiger charge is 2.08. The molecule has 0 radical (unpaired) electrons. The fourth-order valence-corrected chi connectivity index (χ4v) is 2.75. The molecule has 1 nitrogen and oxygen atoms in total. The molecule has 1 atom stereocenters. The van der Waals surface area contributed by atoms with Gasteiger partial charge in [-0.2, -0.15) is 0 Å². The lowest BCUT2D eigenvalue weighted by Crippen LogP contribution is -2.18. The van der Waals surface area contributed by atoms with Crippen LogP contribution >= 0.6 is 15.9 Å². The molecule has 19 heavy (non-hydrogen) atoms. The Morgan fingerprint density at radius 2 is 1.79 bits per heavy atom. The van der Waals surface area contributed by atoms with Crippen molar-refractivity contribution < 1.29 is 0 Å². The van der Waals surface area contributed by atoms with E-state index in [9.17, 15) is 0 Å². The van der Waals surface area contributed by atoms with Gasteiger partial charge >= 0.3 is 0 Å². The molecule has 0 heterocycles. The van der Waals surface area contributed by atoms with Crippen LogP contribution in [0.1, 0.15) is 35.2 Å². The molecule has 2 rings (SSSR count). The average Bonchev–Trinajstić information content (AvgIpc) is 2.40. The summed E-state index contributed by atoms with van der Waals surface area (Å²) in [5.41, 5.74) is 5.34. The van der Waals surface area contributed by atoms with E-state index in [2.05, 4.69) is 78.4 Å². The third kappa shape index (κ3) is 3.68. The SMILES string of the molecule is Cc1ccc(CN[C@H](C)c2ccccc2Br)cc1C. The van der Waals surface area contributed by atoms with Crippen LogP contribution in [0.2, 0.25) is 0 Å². The summed E-state index contributed by atoms with van der Waals surface area (Å²) in [6.07, 6.45) is 0. The van der Waals surface area contributed by atoms with Gasteiger partial charge in [-0.3, -0.25) is 0 Å². The van der Waals surface area contributed by atoms with Crippen LogP contribution in [0.3, 0.4) is 0 Å². The Bertz CT molecular complexity index is 563. The summed E-state index contributed by atoms with van der Waals surface area (Å²) in [4.78, 5) is 0. The fraction of sp³-hybridized carbons (Fsp3) is 0.294. The smallest absolute Gasteiger partial charge is 0.0306 e. The minimum Gasteiger partial charge on any atom is -0.306 e. The van der Waals surface area contributed by atoms with Crippen LogP contribution in [0.4, 0.5) is 0 Å². The van der Waals surface area contributed by atoms with Crippen molar-refractivity contribution in [2.45, 2.75) is 33.4 Å². The molecule has 0 aromatic heterocycles. The maximum Gasteiger partial charge on any atom is 0.0306 e. The molecule has 2 aromatic carbocycles. The largest absolute Gasteiger partial charge is 0.306 e. The Kier molecular flexibility index (Phi) is 4.78. The van der Waals surface area contributed by atoms with Crippen molar-refractivity contribution >= 4 is 15.9 Å². The zero-order valence-electron chi connectivity index (χ0n) is 11.7. The van der Waals surface area contributed by atoms with E-state index in [0.29, 0.717) is 6.04 Å². The molecule has 0 saturated carbocycles. The lowest BCUT2D eigenvalue weighted by molar-refractivity contribution is 0.572. The Balaban J connectivity index is 2.02. The maximum atomic E-state index is 3.60. The second kappa shape index (κ2) is 6.36. The van der Waals surface area contributed by atoms with Gasteiger partial charge in [-0.15, -0.1) is 0 Å². The van der Waals surface area contributed by atoms with Crippen LogP contribution < -0.4 is 5.32 Å². The van der Waals surface area contributed by atoms with E-state index in [0.717, 1.165) is 11.0 Å². The molecule has 0 bridgehead atoms. The summed E-state index contributed by atoms with van der Waals surface area (Å²) in [7, 11) is 0. The lowest BCUT2D eigenvalue weighted by Gasteiger charge is -2.16. The highest BCUT2D eigenvalue weighted by molar-refractivity contribution is 9.10. The molecule has 0 spiro atoms. The number of nitrogens with one attached hydrogen (secondary N) is 1. The zero-order chi connectivity index (χ0) is 13.8. The van der Waals surface area contributed by atoms with Crippen molar-refractivity contribution in [3.8, 4) is 0 Å². The van der Waals surface area contributed by atoms with Crippen LogP contribution in [-0.2, 0) is 6.54 Å². The number of benzene rings is 2. The molecular weight excluding hydrogens is 298 g/mol. The molecule has 0 saturated heterocycles. The van der Waals surface area contributed by atoms with E-state index in [4.69, 9.17) is 0 Å². The third-order valence-electron chi connectivity index (χ3n) is 3.56. The summed E-state index contributed by atoms with van der Waals surface area (Å²) in [6.45, 7) is 7.40. The Labute approximate surface area is 124 Å². The van der Waals surface area contributed by atoms with Gasteiger partial charge < -0.3 is 5.32 Å². The number of hydrogen-bond acceptors (Lipinski definition) is 1. The van der Waals surface area contributed by atoms with E-state index >= 15 is 0 Å². The topological polar surface area (TPSA) is 12.0 Å². The molecule has 2 aromatic rings. The number of rotatable bonds is 4. The lowest BCUT2D eigenvalue weighted by atomic mass is 10.1. The van der Waals surface area contributed by atoms with Gasteiger partial charge in [-0.1, -0.05) is 52.3 Å². The number of hydrogen-bond donors (Lipinski definition) is 1. The fourth-order valence-electron chi connectivity index (χ4n) is 2.12. The molecule has 2 heteroatoms. The van der Waals surface area contributed by atoms with Gasteiger partial charge in [0.05, 0.1) is 0 Å². The zero-order valence-corrected chi connectivity index (χ0v) is 13.3. The molecule has 100 valence electrons. The minimum absolute atomic E-state index is 0.331. The van der Waals surface area contributed by atoms with Crippen molar-refractivity contribution in [3.05, 3.63) is 69.2 Å². The molecule has 0 fully saturated rings. The van der Waals surface area contributed by atoms with Crippen molar-refractivity contribution in [2.75, 3.05) is 0 Å². The van der Waals surface area contributed by atoms with Gasteiger partial charge in [0.15, 0.2) is 0 Å². The first-order valence-corrected chi connectivity index (χ1v) is 7.41. The highest BCUT2D eigenvalue weighted by Crippen LogP contribution is 2.23. The molecule has 1 N–H and O–H groups in total. The van der Waals surface area contributed by atoms with Crippen molar-refractivity contribution in [1.82, 2.24) is 5.32 Å². The first-order chi connectivity index (χ1) is 9.08. The van der Waals surface area contributed by atoms with E-state index in [1.807, 2.05) is 6.07 Å². The normalized spacial score (nSPS) is 12.4. The van der Waals surface area contributed by atoms with Crippen LogP contribution in [0.5, 0.6) is 0 Å². The predicted molar refractivity (Wildman–Crippen MR) is 85.3 cm³/mol. The van der Waals surface area contributed by atoms with Crippen LogP contribution in [-0.4, -0.2) is 0 Å². The summed E-state index contributed by atoms with van der Waals surface area (Å²) in [6, 6.07) is 15.3. The molecule has 0 aliphatic carbocycles. The van der Waals surface area contributed by atoms with Gasteiger partial charge in [-0.05, 0) is 49.1 Å². The molecule has 0 amide bonds. The summed E-state index contributed by atoms with van der Waals surface area (Å²) in [5.74, 6) is 0. The van der Waals surface area contributed by atoms with Crippen molar-refractivity contribution in [1.29, 1.82) is 0 Å². The van der Waals surface area contributed by atoms with Gasteiger partial charge in [0.1, 0.15) is 0 Å². The summed E-state index contributed by atoms with van der Waals surface area (Å²) < 4.78 is 1.16. The molecule has 0 aliphatic heterocycles. The Morgan fingerprint density at radius 1 is 1.05 bits per heavy atom. The average molecular weight is 318 g/mol. The van der Waals surface area contributed by atoms with Crippen LogP contribution in [0, 0.1) is 13.8 Å².